The van der Waals surface area contributed by atoms with Crippen molar-refractivity contribution in [1.82, 2.24) is 0 Å². The Labute approximate surface area is 153 Å². The maximum absolute atomic E-state index is 6.37. The van der Waals surface area contributed by atoms with Gasteiger partial charge in [-0.1, -0.05) is 74.1 Å². The van der Waals surface area contributed by atoms with Gasteiger partial charge in [-0.05, 0) is 24.0 Å². The van der Waals surface area contributed by atoms with E-state index in [2.05, 4.69) is 50.2 Å². The number of hydrogen-bond acceptors (Lipinski definition) is 4. The van der Waals surface area contributed by atoms with Crippen LogP contribution in [-0.4, -0.2) is 24.3 Å². The minimum Gasteiger partial charge on any atom is -0.359 e. The van der Waals surface area contributed by atoms with Crippen LogP contribution in [0.25, 0.3) is 0 Å². The predicted molar refractivity (Wildman–Crippen MR) is 99.3 cm³/mol. The van der Waals surface area contributed by atoms with E-state index in [9.17, 15) is 0 Å². The average Bonchev–Trinajstić information content (AvgIpc) is 2.67. The largest absolute Gasteiger partial charge is 0.359 e. The van der Waals surface area contributed by atoms with Gasteiger partial charge in [-0.3, -0.25) is 0 Å². The molecule has 132 valence electrons. The van der Waals surface area contributed by atoms with Crippen molar-refractivity contribution >= 4 is 11.8 Å². The Morgan fingerprint density at radius 3 is 2.24 bits per heavy atom. The molecule has 2 aliphatic heterocycles. The van der Waals surface area contributed by atoms with Crippen LogP contribution in [0.4, 0.5) is 0 Å². The monoisotopic (exact) mass is 356 g/mol. The molecule has 2 aromatic rings. The van der Waals surface area contributed by atoms with Crippen LogP contribution >= 0.6 is 11.8 Å². The molecule has 2 aromatic carbocycles. The summed E-state index contributed by atoms with van der Waals surface area (Å²) in [6.45, 7) is 5.11. The minimum atomic E-state index is -0.293. The molecule has 25 heavy (non-hydrogen) atoms. The molecule has 2 saturated heterocycles. The molecule has 0 bridgehead atoms. The van der Waals surface area contributed by atoms with Gasteiger partial charge in [0.1, 0.15) is 11.5 Å². The van der Waals surface area contributed by atoms with Gasteiger partial charge in [0.05, 0.1) is 12.7 Å². The molecule has 3 unspecified atom stereocenters. The first-order valence-electron chi connectivity index (χ1n) is 8.91. The fourth-order valence-electron chi connectivity index (χ4n) is 3.52. The lowest BCUT2D eigenvalue weighted by atomic mass is 9.85. The van der Waals surface area contributed by atoms with Gasteiger partial charge in [-0.15, -0.1) is 0 Å². The fourth-order valence-corrected chi connectivity index (χ4v) is 4.77. The molecule has 3 nitrogen and oxygen atoms in total. The molecule has 0 spiro atoms. The Bertz CT molecular complexity index is 676. The summed E-state index contributed by atoms with van der Waals surface area (Å²) in [4.78, 5) is 1.24. The van der Waals surface area contributed by atoms with Crippen LogP contribution in [0.3, 0.4) is 0 Å². The van der Waals surface area contributed by atoms with E-state index in [0.717, 1.165) is 5.56 Å². The van der Waals surface area contributed by atoms with Gasteiger partial charge in [0.25, 0.3) is 0 Å². The average molecular weight is 356 g/mol. The highest BCUT2D eigenvalue weighted by molar-refractivity contribution is 7.99. The normalized spacial score (nSPS) is 35.1. The molecule has 0 aliphatic carbocycles. The van der Waals surface area contributed by atoms with Crippen LogP contribution in [0.5, 0.6) is 0 Å². The molecule has 2 aliphatic rings. The zero-order chi connectivity index (χ0) is 17.2. The van der Waals surface area contributed by atoms with Crippen LogP contribution in [0.15, 0.2) is 65.6 Å². The highest BCUT2D eigenvalue weighted by atomic mass is 32.2. The lowest BCUT2D eigenvalue weighted by Crippen LogP contribution is -2.54. The Kier molecular flexibility index (Phi) is 5.13. The van der Waals surface area contributed by atoms with Gasteiger partial charge in [0.15, 0.2) is 6.29 Å². The van der Waals surface area contributed by atoms with Gasteiger partial charge in [0.2, 0.25) is 0 Å². The molecule has 0 saturated carbocycles. The lowest BCUT2D eigenvalue weighted by molar-refractivity contribution is -0.300. The molecule has 2 heterocycles. The summed E-state index contributed by atoms with van der Waals surface area (Å²) >= 11 is 1.80. The number of benzene rings is 2. The third-order valence-electron chi connectivity index (χ3n) is 5.21. The van der Waals surface area contributed by atoms with E-state index in [-0.39, 0.29) is 23.9 Å². The molecule has 0 radical (unpaired) electrons. The Hall–Kier alpha value is -1.33. The molecular formula is C21H24O3S. The Balaban J connectivity index is 1.46. The van der Waals surface area contributed by atoms with E-state index in [1.54, 1.807) is 11.8 Å². The quantitative estimate of drug-likeness (QED) is 0.783. The molecule has 0 aromatic heterocycles. The number of ether oxygens (including phenoxy) is 3. The number of thioether (sulfide) groups is 1. The van der Waals surface area contributed by atoms with Crippen molar-refractivity contribution in [1.29, 1.82) is 0 Å². The third-order valence-corrected chi connectivity index (χ3v) is 6.53. The van der Waals surface area contributed by atoms with Crippen LogP contribution in [-0.2, 0) is 14.2 Å². The summed E-state index contributed by atoms with van der Waals surface area (Å²) < 4.78 is 18.6. The topological polar surface area (TPSA) is 27.7 Å². The van der Waals surface area contributed by atoms with Crippen LogP contribution in [0, 0.1) is 11.8 Å². The van der Waals surface area contributed by atoms with Gasteiger partial charge < -0.3 is 14.2 Å². The van der Waals surface area contributed by atoms with Gasteiger partial charge in [-0.25, -0.2) is 0 Å². The standard InChI is InChI=1S/C21H24O3S/c1-14-15(2)21(25-17-11-7-4-8-12-17)23-18-13-22-20(24-19(14)18)16-9-5-3-6-10-16/h3-12,14-15,18-21H,13H2,1-2H3/t14-,15?,18?,19+,20?,21-/m1/s1. The summed E-state index contributed by atoms with van der Waals surface area (Å²) in [6.07, 6.45) is -0.229. The lowest BCUT2D eigenvalue weighted by Gasteiger charge is -2.48. The van der Waals surface area contributed by atoms with Crippen molar-refractivity contribution in [2.45, 2.75) is 42.7 Å². The summed E-state index contributed by atoms with van der Waals surface area (Å²) in [6, 6.07) is 20.6. The summed E-state index contributed by atoms with van der Waals surface area (Å²) in [5.41, 5.74) is 1.20. The first-order valence-corrected chi connectivity index (χ1v) is 9.79. The Morgan fingerprint density at radius 2 is 1.52 bits per heavy atom. The van der Waals surface area contributed by atoms with Crippen molar-refractivity contribution in [3.63, 3.8) is 0 Å². The van der Waals surface area contributed by atoms with Crippen molar-refractivity contribution in [3.8, 4) is 0 Å². The van der Waals surface area contributed by atoms with E-state index >= 15 is 0 Å². The maximum atomic E-state index is 6.37. The van der Waals surface area contributed by atoms with E-state index in [1.807, 2.05) is 24.3 Å². The first-order chi connectivity index (χ1) is 12.2. The Morgan fingerprint density at radius 1 is 0.840 bits per heavy atom. The molecule has 0 amide bonds. The van der Waals surface area contributed by atoms with E-state index in [0.29, 0.717) is 18.4 Å². The van der Waals surface area contributed by atoms with Crippen LogP contribution in [0.1, 0.15) is 25.7 Å². The number of hydrogen-bond donors (Lipinski definition) is 0. The first kappa shape index (κ1) is 17.1. The molecule has 0 N–H and O–H groups in total. The van der Waals surface area contributed by atoms with Crippen molar-refractivity contribution < 1.29 is 14.2 Å². The molecule has 4 rings (SSSR count). The second-order valence-corrected chi connectivity index (χ2v) is 8.04. The fraction of sp³-hybridized carbons (Fsp3) is 0.429. The van der Waals surface area contributed by atoms with Crippen molar-refractivity contribution in [2.24, 2.45) is 11.8 Å². The second kappa shape index (κ2) is 7.50. The molecule has 6 atom stereocenters. The van der Waals surface area contributed by atoms with Crippen molar-refractivity contribution in [3.05, 3.63) is 66.2 Å². The third kappa shape index (κ3) is 3.63. The molecular weight excluding hydrogens is 332 g/mol. The van der Waals surface area contributed by atoms with Crippen LogP contribution in [0.2, 0.25) is 0 Å². The zero-order valence-corrected chi connectivity index (χ0v) is 15.4. The summed E-state index contributed by atoms with van der Waals surface area (Å²) in [7, 11) is 0. The summed E-state index contributed by atoms with van der Waals surface area (Å²) in [5, 5.41) is 0. The zero-order valence-electron chi connectivity index (χ0n) is 14.6. The SMILES string of the molecule is CC1[C@@H](Sc2ccccc2)OC2COC(c3ccccc3)O[C@H]2[C@@H]1C. The smallest absolute Gasteiger partial charge is 0.184 e. The number of rotatable bonds is 3. The predicted octanol–water partition coefficient (Wildman–Crippen LogP) is 4.89. The highest BCUT2D eigenvalue weighted by Crippen LogP contribution is 2.43. The van der Waals surface area contributed by atoms with Gasteiger partial charge >= 0.3 is 0 Å². The molecule has 2 fully saturated rings. The molecule has 4 heteroatoms. The van der Waals surface area contributed by atoms with E-state index in [1.165, 1.54) is 4.90 Å². The second-order valence-electron chi connectivity index (χ2n) is 6.87. The number of fused-ring (bicyclic) bond motifs is 1. The van der Waals surface area contributed by atoms with E-state index in [4.69, 9.17) is 14.2 Å². The van der Waals surface area contributed by atoms with E-state index < -0.39 is 0 Å². The minimum absolute atomic E-state index is 0.00706. The van der Waals surface area contributed by atoms with Gasteiger partial charge in [0, 0.05) is 10.5 Å². The maximum Gasteiger partial charge on any atom is 0.184 e. The van der Waals surface area contributed by atoms with Gasteiger partial charge in [-0.2, -0.15) is 0 Å². The summed E-state index contributed by atoms with van der Waals surface area (Å²) in [5.74, 6) is 0.816. The highest BCUT2D eigenvalue weighted by Gasteiger charge is 2.46. The van der Waals surface area contributed by atoms with Crippen LogP contribution < -0.4 is 0 Å². The van der Waals surface area contributed by atoms with Crippen molar-refractivity contribution in [2.75, 3.05) is 6.61 Å².